The summed E-state index contributed by atoms with van der Waals surface area (Å²) in [6, 6.07) is -0.530. The van der Waals surface area contributed by atoms with Gasteiger partial charge in [-0.15, -0.1) is 0 Å². The monoisotopic (exact) mass is 796 g/mol. The van der Waals surface area contributed by atoms with E-state index in [1.54, 1.807) is 0 Å². The Morgan fingerprint density at radius 1 is 0.439 bits per heavy atom. The zero-order chi connectivity index (χ0) is 41.4. The predicted octanol–water partition coefficient (Wildman–Crippen LogP) is 16.1. The lowest BCUT2D eigenvalue weighted by Crippen LogP contribution is -2.45. The van der Waals surface area contributed by atoms with Crippen LogP contribution in [-0.2, 0) is 4.79 Å². The number of allylic oxidation sites excluding steroid dienone is 10. The van der Waals surface area contributed by atoms with Crippen molar-refractivity contribution in [2.75, 3.05) is 6.61 Å². The highest BCUT2D eigenvalue weighted by molar-refractivity contribution is 5.76. The van der Waals surface area contributed by atoms with Gasteiger partial charge in [0.25, 0.3) is 0 Å². The van der Waals surface area contributed by atoms with Crippen LogP contribution in [0.1, 0.15) is 251 Å². The van der Waals surface area contributed by atoms with Crippen LogP contribution in [0.15, 0.2) is 60.8 Å². The van der Waals surface area contributed by atoms with Crippen LogP contribution in [0.4, 0.5) is 0 Å². The number of hydrogen-bond donors (Lipinski definition) is 3. The number of aliphatic hydroxyl groups is 2. The van der Waals surface area contributed by atoms with Gasteiger partial charge in [-0.05, 0) is 57.8 Å². The Morgan fingerprint density at radius 3 is 1.14 bits per heavy atom. The Labute approximate surface area is 356 Å². The summed E-state index contributed by atoms with van der Waals surface area (Å²) in [7, 11) is 0. The van der Waals surface area contributed by atoms with Crippen molar-refractivity contribution in [3.05, 3.63) is 60.8 Å². The van der Waals surface area contributed by atoms with Gasteiger partial charge in [0.2, 0.25) is 5.91 Å². The Hall–Kier alpha value is -1.91. The van der Waals surface area contributed by atoms with Gasteiger partial charge in [-0.1, -0.05) is 248 Å². The van der Waals surface area contributed by atoms with E-state index in [4.69, 9.17) is 0 Å². The highest BCUT2D eigenvalue weighted by Crippen LogP contribution is 2.17. The van der Waals surface area contributed by atoms with Crippen molar-refractivity contribution in [3.8, 4) is 0 Å². The van der Waals surface area contributed by atoms with Gasteiger partial charge in [0.1, 0.15) is 0 Å². The first kappa shape index (κ1) is 55.1. The lowest BCUT2D eigenvalue weighted by molar-refractivity contribution is -0.123. The number of amides is 1. The van der Waals surface area contributed by atoms with E-state index in [1.165, 1.54) is 161 Å². The number of carbonyl (C=O) groups is 1. The molecule has 0 aromatic heterocycles. The maximum Gasteiger partial charge on any atom is 0.220 e. The number of rotatable bonds is 45. The second-order valence-corrected chi connectivity index (χ2v) is 16.9. The molecule has 0 aromatic rings. The third-order valence-corrected chi connectivity index (χ3v) is 11.3. The molecule has 0 aromatic carbocycles. The molecule has 0 saturated carbocycles. The molecule has 57 heavy (non-hydrogen) atoms. The molecule has 0 rings (SSSR count). The maximum atomic E-state index is 12.3. The SMILES string of the molecule is CC/C=C\C/C=C\C/C=C\C/C=C\C/C=C\CCCCCCCCCCCCCCCCCCCCCCCCCCCC(=O)NC(CO)C(O)CCCCCC. The molecular formula is C53H97NO3. The molecule has 3 N–H and O–H groups in total. The van der Waals surface area contributed by atoms with Crippen molar-refractivity contribution in [3.63, 3.8) is 0 Å². The zero-order valence-corrected chi connectivity index (χ0v) is 38.1. The molecule has 0 aliphatic carbocycles. The Kier molecular flexibility index (Phi) is 46.8. The fraction of sp³-hybridized carbons (Fsp3) is 0.792. The first-order valence-electron chi connectivity index (χ1n) is 25.0. The summed E-state index contributed by atoms with van der Waals surface area (Å²) < 4.78 is 0. The summed E-state index contributed by atoms with van der Waals surface area (Å²) in [6.07, 6.45) is 68.3. The van der Waals surface area contributed by atoms with Crippen LogP contribution in [0, 0.1) is 0 Å². The Balaban J connectivity index is 3.31. The van der Waals surface area contributed by atoms with Crippen LogP contribution in [0.25, 0.3) is 0 Å². The smallest absolute Gasteiger partial charge is 0.220 e. The summed E-state index contributed by atoms with van der Waals surface area (Å²) in [4.78, 5) is 12.3. The van der Waals surface area contributed by atoms with Gasteiger partial charge in [0.05, 0.1) is 18.8 Å². The third kappa shape index (κ3) is 45.0. The van der Waals surface area contributed by atoms with Gasteiger partial charge in [0.15, 0.2) is 0 Å². The van der Waals surface area contributed by atoms with Crippen molar-refractivity contribution in [1.82, 2.24) is 5.32 Å². The summed E-state index contributed by atoms with van der Waals surface area (Å²) in [5.74, 6) is -0.0380. The third-order valence-electron chi connectivity index (χ3n) is 11.3. The van der Waals surface area contributed by atoms with Crippen molar-refractivity contribution in [1.29, 1.82) is 0 Å². The standard InChI is InChI=1S/C53H97NO3/c1-3-5-7-9-10-11-12-13-14-15-16-17-18-19-20-21-22-23-24-25-26-27-28-29-30-31-32-33-34-35-36-37-38-39-40-41-42-43-44-45-47-49-53(57)54-51(50-55)52(56)48-46-8-6-4-2/h5,7,10-11,13-14,16-17,19-20,51-52,55-56H,3-4,6,8-9,12,15,18,21-50H2,1-2H3,(H,54,57)/b7-5-,11-10-,14-13-,17-16-,20-19-. The van der Waals surface area contributed by atoms with E-state index in [9.17, 15) is 15.0 Å². The normalized spacial score (nSPS) is 13.4. The summed E-state index contributed by atoms with van der Waals surface area (Å²) in [6.45, 7) is 4.14. The highest BCUT2D eigenvalue weighted by Gasteiger charge is 2.19. The molecule has 332 valence electrons. The number of aliphatic hydroxyl groups excluding tert-OH is 2. The van der Waals surface area contributed by atoms with E-state index in [2.05, 4.69) is 79.9 Å². The van der Waals surface area contributed by atoms with Crippen LogP contribution in [0.5, 0.6) is 0 Å². The summed E-state index contributed by atoms with van der Waals surface area (Å²) in [5.41, 5.74) is 0. The molecule has 0 radical (unpaired) electrons. The van der Waals surface area contributed by atoms with Crippen molar-refractivity contribution in [2.24, 2.45) is 0 Å². The highest BCUT2D eigenvalue weighted by atomic mass is 16.3. The quantitative estimate of drug-likeness (QED) is 0.0425. The molecule has 0 aliphatic heterocycles. The topological polar surface area (TPSA) is 69.6 Å². The fourth-order valence-corrected chi connectivity index (χ4v) is 7.51. The van der Waals surface area contributed by atoms with Gasteiger partial charge in [-0.3, -0.25) is 4.79 Å². The van der Waals surface area contributed by atoms with Crippen molar-refractivity contribution < 1.29 is 15.0 Å². The number of nitrogens with one attached hydrogen (secondary N) is 1. The molecule has 0 bridgehead atoms. The Bertz CT molecular complexity index is 950. The molecular weight excluding hydrogens is 699 g/mol. The van der Waals surface area contributed by atoms with Crippen LogP contribution >= 0.6 is 0 Å². The lowest BCUT2D eigenvalue weighted by Gasteiger charge is -2.22. The van der Waals surface area contributed by atoms with E-state index in [0.29, 0.717) is 12.8 Å². The number of carbonyl (C=O) groups excluding carboxylic acids is 1. The minimum atomic E-state index is -0.653. The Morgan fingerprint density at radius 2 is 0.772 bits per heavy atom. The fourth-order valence-electron chi connectivity index (χ4n) is 7.51. The molecule has 0 fully saturated rings. The van der Waals surface area contributed by atoms with E-state index >= 15 is 0 Å². The molecule has 4 heteroatoms. The first-order chi connectivity index (χ1) is 28.2. The second-order valence-electron chi connectivity index (χ2n) is 16.9. The molecule has 0 saturated heterocycles. The largest absolute Gasteiger partial charge is 0.394 e. The summed E-state index contributed by atoms with van der Waals surface area (Å²) in [5, 5.41) is 22.7. The minimum Gasteiger partial charge on any atom is -0.394 e. The van der Waals surface area contributed by atoms with Gasteiger partial charge in [-0.25, -0.2) is 0 Å². The molecule has 0 spiro atoms. The van der Waals surface area contributed by atoms with Gasteiger partial charge in [-0.2, -0.15) is 0 Å². The molecule has 2 unspecified atom stereocenters. The zero-order valence-electron chi connectivity index (χ0n) is 38.1. The summed E-state index contributed by atoms with van der Waals surface area (Å²) >= 11 is 0. The predicted molar refractivity (Wildman–Crippen MR) is 253 cm³/mol. The van der Waals surface area contributed by atoms with E-state index in [-0.39, 0.29) is 12.5 Å². The lowest BCUT2D eigenvalue weighted by atomic mass is 10.0. The van der Waals surface area contributed by atoms with Crippen LogP contribution < -0.4 is 5.32 Å². The molecule has 4 nitrogen and oxygen atoms in total. The van der Waals surface area contributed by atoms with E-state index in [1.807, 2.05) is 0 Å². The van der Waals surface area contributed by atoms with Gasteiger partial charge >= 0.3 is 0 Å². The average Bonchev–Trinajstić information content (AvgIpc) is 3.22. The van der Waals surface area contributed by atoms with E-state index < -0.39 is 12.1 Å². The van der Waals surface area contributed by atoms with Crippen LogP contribution in [-0.4, -0.2) is 34.9 Å². The van der Waals surface area contributed by atoms with Crippen LogP contribution in [0.2, 0.25) is 0 Å². The molecule has 2 atom stereocenters. The molecule has 0 heterocycles. The van der Waals surface area contributed by atoms with Crippen molar-refractivity contribution >= 4 is 5.91 Å². The van der Waals surface area contributed by atoms with E-state index in [0.717, 1.165) is 64.2 Å². The maximum absolute atomic E-state index is 12.3. The minimum absolute atomic E-state index is 0.0380. The second kappa shape index (κ2) is 48.5. The van der Waals surface area contributed by atoms with Crippen LogP contribution in [0.3, 0.4) is 0 Å². The first-order valence-corrected chi connectivity index (χ1v) is 25.0. The number of unbranched alkanes of at least 4 members (excludes halogenated alkanes) is 28. The average molecular weight is 796 g/mol. The van der Waals surface area contributed by atoms with Gasteiger partial charge in [0, 0.05) is 6.42 Å². The molecule has 0 aliphatic rings. The van der Waals surface area contributed by atoms with Crippen molar-refractivity contribution in [2.45, 2.75) is 264 Å². The number of hydrogen-bond acceptors (Lipinski definition) is 3. The molecule has 1 amide bonds. The van der Waals surface area contributed by atoms with Gasteiger partial charge < -0.3 is 15.5 Å².